The van der Waals surface area contributed by atoms with Gasteiger partial charge < -0.3 is 0 Å². The van der Waals surface area contributed by atoms with Crippen molar-refractivity contribution in [1.82, 2.24) is 0 Å². The van der Waals surface area contributed by atoms with E-state index in [1.54, 1.807) is 0 Å². The summed E-state index contributed by atoms with van der Waals surface area (Å²) in [5.74, 6) is 0.738. The average Bonchev–Trinajstić information content (AvgIpc) is 2.44. The zero-order valence-electron chi connectivity index (χ0n) is 13.3. The summed E-state index contributed by atoms with van der Waals surface area (Å²) in [5.41, 5.74) is 0.405. The number of nitrogens with zero attached hydrogens (tertiary/aromatic N) is 2. The lowest BCUT2D eigenvalue weighted by Gasteiger charge is -2.43. The number of hydrogen-bond acceptors (Lipinski definition) is 2. The highest BCUT2D eigenvalue weighted by molar-refractivity contribution is 5.26. The predicted molar refractivity (Wildman–Crippen MR) is 84.1 cm³/mol. The molecule has 0 heterocycles. The first kappa shape index (κ1) is 15.6. The van der Waals surface area contributed by atoms with E-state index in [4.69, 9.17) is 0 Å². The minimum atomic E-state index is -0.896. The van der Waals surface area contributed by atoms with E-state index < -0.39 is 5.41 Å². The van der Waals surface area contributed by atoms with Gasteiger partial charge in [0.25, 0.3) is 0 Å². The third-order valence-electron chi connectivity index (χ3n) is 4.81. The Morgan fingerprint density at radius 2 is 1.76 bits per heavy atom. The van der Waals surface area contributed by atoms with E-state index in [1.807, 2.05) is 30.3 Å². The number of benzene rings is 1. The van der Waals surface area contributed by atoms with Gasteiger partial charge in [-0.2, -0.15) is 10.5 Å². The first-order valence-corrected chi connectivity index (χ1v) is 7.77. The van der Waals surface area contributed by atoms with Gasteiger partial charge in [0.1, 0.15) is 0 Å². The standard InChI is InChI=1S/C19H24N2/c1-15-9-17(12-18(2,3)10-15)19(13-20,14-21)11-16-7-5-4-6-8-16/h4-8,15,17H,9-12H2,1-3H3/t15-,17?/m0/s1. The van der Waals surface area contributed by atoms with Crippen LogP contribution in [-0.2, 0) is 6.42 Å². The van der Waals surface area contributed by atoms with Crippen LogP contribution in [0.2, 0.25) is 0 Å². The molecule has 2 heteroatoms. The van der Waals surface area contributed by atoms with Crippen LogP contribution in [0.1, 0.15) is 45.6 Å². The van der Waals surface area contributed by atoms with Crippen molar-refractivity contribution in [2.24, 2.45) is 22.7 Å². The fraction of sp³-hybridized carbons (Fsp3) is 0.579. The van der Waals surface area contributed by atoms with Gasteiger partial charge >= 0.3 is 0 Å². The molecule has 0 spiro atoms. The number of rotatable bonds is 3. The van der Waals surface area contributed by atoms with Crippen molar-refractivity contribution in [1.29, 1.82) is 10.5 Å². The van der Waals surface area contributed by atoms with Crippen molar-refractivity contribution in [3.8, 4) is 12.1 Å². The van der Waals surface area contributed by atoms with Gasteiger partial charge in [-0.1, -0.05) is 51.1 Å². The molecule has 0 amide bonds. The van der Waals surface area contributed by atoms with Crippen molar-refractivity contribution in [3.05, 3.63) is 35.9 Å². The predicted octanol–water partition coefficient (Wildman–Crippen LogP) is 4.73. The quantitative estimate of drug-likeness (QED) is 0.804. The summed E-state index contributed by atoms with van der Waals surface area (Å²) in [5, 5.41) is 19.5. The van der Waals surface area contributed by atoms with E-state index in [2.05, 4.69) is 32.9 Å². The molecule has 21 heavy (non-hydrogen) atoms. The van der Waals surface area contributed by atoms with Gasteiger partial charge in [-0.25, -0.2) is 0 Å². The van der Waals surface area contributed by atoms with Crippen molar-refractivity contribution >= 4 is 0 Å². The van der Waals surface area contributed by atoms with E-state index >= 15 is 0 Å². The molecule has 0 radical (unpaired) electrons. The average molecular weight is 280 g/mol. The molecule has 2 rings (SSSR count). The van der Waals surface area contributed by atoms with E-state index in [0.717, 1.165) is 18.4 Å². The Morgan fingerprint density at radius 1 is 1.14 bits per heavy atom. The third kappa shape index (κ3) is 3.45. The molecule has 1 aromatic rings. The Hall–Kier alpha value is -1.80. The Bertz CT molecular complexity index is 545. The number of hydrogen-bond donors (Lipinski definition) is 0. The van der Waals surface area contributed by atoms with Gasteiger partial charge in [-0.3, -0.25) is 0 Å². The topological polar surface area (TPSA) is 47.6 Å². The van der Waals surface area contributed by atoms with E-state index in [9.17, 15) is 10.5 Å². The van der Waals surface area contributed by atoms with Crippen LogP contribution < -0.4 is 0 Å². The lowest BCUT2D eigenvalue weighted by molar-refractivity contribution is 0.0872. The maximum absolute atomic E-state index is 9.77. The molecular weight excluding hydrogens is 256 g/mol. The molecule has 0 saturated heterocycles. The normalized spacial score (nSPS) is 24.8. The van der Waals surface area contributed by atoms with E-state index in [1.165, 1.54) is 6.42 Å². The molecule has 1 aromatic carbocycles. The number of nitriles is 2. The molecule has 0 bridgehead atoms. The Balaban J connectivity index is 2.30. The SMILES string of the molecule is C[C@H]1CC(C(C#N)(C#N)Cc2ccccc2)CC(C)(C)C1. The Kier molecular flexibility index (Phi) is 4.38. The summed E-state index contributed by atoms with van der Waals surface area (Å²) in [6.07, 6.45) is 3.67. The molecular formula is C19H24N2. The van der Waals surface area contributed by atoms with Gasteiger partial charge in [0, 0.05) is 6.42 Å². The summed E-state index contributed by atoms with van der Waals surface area (Å²) in [7, 11) is 0. The van der Waals surface area contributed by atoms with Crippen LogP contribution in [0, 0.1) is 45.3 Å². The molecule has 0 aromatic heterocycles. The van der Waals surface area contributed by atoms with Crippen LogP contribution in [0.4, 0.5) is 0 Å². The largest absolute Gasteiger partial charge is 0.197 e. The van der Waals surface area contributed by atoms with E-state index in [-0.39, 0.29) is 11.3 Å². The maximum Gasteiger partial charge on any atom is 0.150 e. The second kappa shape index (κ2) is 5.90. The molecule has 1 saturated carbocycles. The van der Waals surface area contributed by atoms with Gasteiger partial charge in [0.05, 0.1) is 12.1 Å². The monoisotopic (exact) mass is 280 g/mol. The zero-order chi connectivity index (χ0) is 15.5. The van der Waals surface area contributed by atoms with Gasteiger partial charge in [-0.15, -0.1) is 0 Å². The molecule has 1 aliphatic rings. The molecule has 1 aliphatic carbocycles. The third-order valence-corrected chi connectivity index (χ3v) is 4.81. The lowest BCUT2D eigenvalue weighted by Crippen LogP contribution is -2.38. The first-order valence-electron chi connectivity index (χ1n) is 7.77. The molecule has 0 N–H and O–H groups in total. The van der Waals surface area contributed by atoms with Crippen LogP contribution in [-0.4, -0.2) is 0 Å². The highest BCUT2D eigenvalue weighted by atomic mass is 14.5. The molecule has 0 aliphatic heterocycles. The van der Waals surface area contributed by atoms with Crippen molar-refractivity contribution < 1.29 is 0 Å². The molecule has 110 valence electrons. The molecule has 1 fully saturated rings. The second-order valence-electron chi connectivity index (χ2n) is 7.47. The summed E-state index contributed by atoms with van der Waals surface area (Å²) in [4.78, 5) is 0. The fourth-order valence-corrected chi connectivity index (χ4v) is 4.07. The molecule has 2 atom stereocenters. The lowest BCUT2D eigenvalue weighted by atomic mass is 9.59. The Labute approximate surface area is 128 Å². The smallest absolute Gasteiger partial charge is 0.150 e. The minimum Gasteiger partial charge on any atom is -0.197 e. The van der Waals surface area contributed by atoms with Crippen LogP contribution in [0.25, 0.3) is 0 Å². The van der Waals surface area contributed by atoms with Crippen LogP contribution in [0.15, 0.2) is 30.3 Å². The van der Waals surface area contributed by atoms with Crippen LogP contribution in [0.5, 0.6) is 0 Å². The van der Waals surface area contributed by atoms with Crippen molar-refractivity contribution in [3.63, 3.8) is 0 Å². The summed E-state index contributed by atoms with van der Waals surface area (Å²) in [6, 6.07) is 14.7. The maximum atomic E-state index is 9.77. The van der Waals surface area contributed by atoms with Gasteiger partial charge in [-0.05, 0) is 42.1 Å². The van der Waals surface area contributed by atoms with Gasteiger partial charge in [0.2, 0.25) is 0 Å². The van der Waals surface area contributed by atoms with Gasteiger partial charge in [0.15, 0.2) is 5.41 Å². The molecule has 2 nitrogen and oxygen atoms in total. The van der Waals surface area contributed by atoms with Crippen LogP contribution in [0.3, 0.4) is 0 Å². The first-order chi connectivity index (χ1) is 9.91. The minimum absolute atomic E-state index is 0.159. The fourth-order valence-electron chi connectivity index (χ4n) is 4.07. The summed E-state index contributed by atoms with van der Waals surface area (Å²) < 4.78 is 0. The molecule has 1 unspecified atom stereocenters. The Morgan fingerprint density at radius 3 is 2.29 bits per heavy atom. The zero-order valence-corrected chi connectivity index (χ0v) is 13.3. The highest BCUT2D eigenvalue weighted by Crippen LogP contribution is 2.49. The van der Waals surface area contributed by atoms with Crippen LogP contribution >= 0.6 is 0 Å². The summed E-state index contributed by atoms with van der Waals surface area (Å²) in [6.45, 7) is 6.77. The second-order valence-corrected chi connectivity index (χ2v) is 7.47. The van der Waals surface area contributed by atoms with Crippen molar-refractivity contribution in [2.45, 2.75) is 46.5 Å². The summed E-state index contributed by atoms with van der Waals surface area (Å²) >= 11 is 0. The highest BCUT2D eigenvalue weighted by Gasteiger charge is 2.45. The van der Waals surface area contributed by atoms with Crippen molar-refractivity contribution in [2.75, 3.05) is 0 Å². The van der Waals surface area contributed by atoms with E-state index in [0.29, 0.717) is 12.3 Å².